The van der Waals surface area contributed by atoms with Gasteiger partial charge in [0.05, 0.1) is 0 Å². The fourth-order valence-corrected chi connectivity index (χ4v) is 7.04. The van der Waals surface area contributed by atoms with Gasteiger partial charge in [-0.3, -0.25) is 9.59 Å². The smallest absolute Gasteiger partial charge is 0.282 e. The number of hydrogen-bond donors (Lipinski definition) is 1. The molecule has 188 valence electrons. The van der Waals surface area contributed by atoms with Crippen molar-refractivity contribution < 1.29 is 18.0 Å². The second-order valence-electron chi connectivity index (χ2n) is 9.91. The second kappa shape index (κ2) is 11.2. The average molecular weight is 491 g/mol. The Morgan fingerprint density at radius 1 is 0.912 bits per heavy atom. The van der Waals surface area contributed by atoms with E-state index in [9.17, 15) is 18.0 Å². The molecule has 4 rings (SSSR count). The lowest BCUT2D eigenvalue weighted by atomic mass is 9.88. The molecular formula is C25H38N4O4S. The number of nitrogens with zero attached hydrogens (tertiary/aromatic N) is 3. The van der Waals surface area contributed by atoms with Crippen molar-refractivity contribution in [1.29, 1.82) is 0 Å². The minimum atomic E-state index is -3.53. The van der Waals surface area contributed by atoms with E-state index in [1.54, 1.807) is 34.5 Å². The van der Waals surface area contributed by atoms with Gasteiger partial charge >= 0.3 is 0 Å². The molecule has 1 aromatic carbocycles. The van der Waals surface area contributed by atoms with Crippen LogP contribution in [-0.4, -0.2) is 73.0 Å². The van der Waals surface area contributed by atoms with Gasteiger partial charge in [0.1, 0.15) is 0 Å². The lowest BCUT2D eigenvalue weighted by molar-refractivity contribution is -0.120. The van der Waals surface area contributed by atoms with Crippen LogP contribution in [0.3, 0.4) is 0 Å². The zero-order valence-corrected chi connectivity index (χ0v) is 21.1. The predicted molar refractivity (Wildman–Crippen MR) is 133 cm³/mol. The molecule has 2 amide bonds. The van der Waals surface area contributed by atoms with Crippen molar-refractivity contribution in [3.05, 3.63) is 29.8 Å². The third kappa shape index (κ3) is 5.80. The maximum Gasteiger partial charge on any atom is 0.282 e. The fraction of sp³-hybridized carbons (Fsp3) is 0.680. The normalized spacial score (nSPS) is 21.5. The molecule has 2 saturated carbocycles. The van der Waals surface area contributed by atoms with Crippen molar-refractivity contribution in [2.45, 2.75) is 70.3 Å². The molecular weight excluding hydrogens is 452 g/mol. The third-order valence-electron chi connectivity index (χ3n) is 7.66. The summed E-state index contributed by atoms with van der Waals surface area (Å²) < 4.78 is 29.3. The standard InChI is InChI=1S/C25H38N4O4S/c1-27(23-13-6-3-7-14-23)34(32,33)29-17-15-28(16-18-29)25(31)21-11-8-12-22(19-21)26-24(30)20-9-4-2-5-10-20/h8,11-12,19-20,23H,2-7,9-10,13-18H2,1H3,(H,26,30). The van der Waals surface area contributed by atoms with E-state index in [2.05, 4.69) is 5.32 Å². The van der Waals surface area contributed by atoms with E-state index in [4.69, 9.17) is 0 Å². The molecule has 1 aliphatic heterocycles. The van der Waals surface area contributed by atoms with Crippen molar-refractivity contribution in [1.82, 2.24) is 13.5 Å². The molecule has 1 heterocycles. The number of hydrogen-bond acceptors (Lipinski definition) is 4. The number of amides is 2. The molecule has 0 bridgehead atoms. The topological polar surface area (TPSA) is 90.0 Å². The van der Waals surface area contributed by atoms with Crippen LogP contribution in [0.2, 0.25) is 0 Å². The molecule has 3 fully saturated rings. The van der Waals surface area contributed by atoms with Crippen LogP contribution in [0, 0.1) is 5.92 Å². The molecule has 9 heteroatoms. The molecule has 1 saturated heterocycles. The molecule has 0 spiro atoms. The Balaban J connectivity index is 1.33. The fourth-order valence-electron chi connectivity index (χ4n) is 5.46. The first kappa shape index (κ1) is 25.1. The number of carbonyl (C=O) groups is 2. The lowest BCUT2D eigenvalue weighted by Gasteiger charge is -2.38. The predicted octanol–water partition coefficient (Wildman–Crippen LogP) is 3.47. The highest BCUT2D eigenvalue weighted by molar-refractivity contribution is 7.86. The van der Waals surface area contributed by atoms with Gasteiger partial charge in [0, 0.05) is 56.4 Å². The molecule has 1 aromatic rings. The number of piperazine rings is 1. The van der Waals surface area contributed by atoms with Crippen LogP contribution in [-0.2, 0) is 15.0 Å². The van der Waals surface area contributed by atoms with Crippen molar-refractivity contribution in [3.63, 3.8) is 0 Å². The van der Waals surface area contributed by atoms with Gasteiger partial charge in [-0.2, -0.15) is 17.0 Å². The monoisotopic (exact) mass is 490 g/mol. The van der Waals surface area contributed by atoms with E-state index in [0.29, 0.717) is 37.4 Å². The molecule has 0 aromatic heterocycles. The summed E-state index contributed by atoms with van der Waals surface area (Å²) in [5.41, 5.74) is 1.15. The van der Waals surface area contributed by atoms with E-state index in [-0.39, 0.29) is 23.8 Å². The van der Waals surface area contributed by atoms with Crippen molar-refractivity contribution in [2.75, 3.05) is 38.5 Å². The highest BCUT2D eigenvalue weighted by Crippen LogP contribution is 2.27. The molecule has 0 unspecified atom stereocenters. The summed E-state index contributed by atoms with van der Waals surface area (Å²) in [7, 11) is -1.83. The van der Waals surface area contributed by atoms with E-state index in [1.165, 1.54) is 17.1 Å². The van der Waals surface area contributed by atoms with Crippen LogP contribution >= 0.6 is 0 Å². The Bertz CT molecular complexity index is 963. The van der Waals surface area contributed by atoms with Gasteiger partial charge in [0.25, 0.3) is 16.1 Å². The second-order valence-corrected chi connectivity index (χ2v) is 11.9. The van der Waals surface area contributed by atoms with Gasteiger partial charge in [-0.05, 0) is 43.9 Å². The van der Waals surface area contributed by atoms with Gasteiger partial charge in [0.2, 0.25) is 5.91 Å². The molecule has 3 aliphatic rings. The molecule has 0 atom stereocenters. The van der Waals surface area contributed by atoms with E-state index < -0.39 is 10.2 Å². The highest BCUT2D eigenvalue weighted by atomic mass is 32.2. The lowest BCUT2D eigenvalue weighted by Crippen LogP contribution is -2.55. The summed E-state index contributed by atoms with van der Waals surface area (Å²) in [4.78, 5) is 27.4. The number of benzene rings is 1. The Labute approximate surface area is 203 Å². The number of rotatable bonds is 6. The van der Waals surface area contributed by atoms with Crippen LogP contribution in [0.5, 0.6) is 0 Å². The van der Waals surface area contributed by atoms with Crippen LogP contribution in [0.4, 0.5) is 5.69 Å². The molecule has 0 radical (unpaired) electrons. The summed E-state index contributed by atoms with van der Waals surface area (Å²) in [6.07, 6.45) is 10.4. The molecule has 8 nitrogen and oxygen atoms in total. The van der Waals surface area contributed by atoms with Gasteiger partial charge in [-0.15, -0.1) is 0 Å². The number of anilines is 1. The molecule has 1 N–H and O–H groups in total. The largest absolute Gasteiger partial charge is 0.336 e. The summed E-state index contributed by atoms with van der Waals surface area (Å²) in [6, 6.07) is 7.14. The Morgan fingerprint density at radius 3 is 2.18 bits per heavy atom. The van der Waals surface area contributed by atoms with E-state index in [1.807, 2.05) is 6.07 Å². The van der Waals surface area contributed by atoms with Crippen LogP contribution in [0.15, 0.2) is 24.3 Å². The summed E-state index contributed by atoms with van der Waals surface area (Å²) in [5.74, 6) is -0.0495. The Hall–Kier alpha value is -1.97. The van der Waals surface area contributed by atoms with Crippen molar-refractivity contribution in [3.8, 4) is 0 Å². The van der Waals surface area contributed by atoms with Crippen LogP contribution in [0.1, 0.15) is 74.6 Å². The number of nitrogens with one attached hydrogen (secondary N) is 1. The number of carbonyl (C=O) groups excluding carboxylic acids is 2. The van der Waals surface area contributed by atoms with Gasteiger partial charge in [0.15, 0.2) is 0 Å². The molecule has 2 aliphatic carbocycles. The third-order valence-corrected chi connectivity index (χ3v) is 9.70. The minimum absolute atomic E-state index is 0.0326. The van der Waals surface area contributed by atoms with Crippen molar-refractivity contribution in [2.24, 2.45) is 5.92 Å². The van der Waals surface area contributed by atoms with Gasteiger partial charge < -0.3 is 10.2 Å². The van der Waals surface area contributed by atoms with E-state index in [0.717, 1.165) is 51.4 Å². The Kier molecular flexibility index (Phi) is 8.26. The average Bonchev–Trinajstić information content (AvgIpc) is 2.89. The Morgan fingerprint density at radius 2 is 1.53 bits per heavy atom. The zero-order chi connectivity index (χ0) is 24.1. The van der Waals surface area contributed by atoms with Crippen LogP contribution in [0.25, 0.3) is 0 Å². The van der Waals surface area contributed by atoms with Crippen LogP contribution < -0.4 is 5.32 Å². The maximum atomic E-state index is 13.1. The van der Waals surface area contributed by atoms with Crippen molar-refractivity contribution >= 4 is 27.7 Å². The SMILES string of the molecule is CN(C1CCCCC1)S(=O)(=O)N1CCN(C(=O)c2cccc(NC(=O)C3CCCCC3)c2)CC1. The maximum absolute atomic E-state index is 13.1. The highest BCUT2D eigenvalue weighted by Gasteiger charge is 2.35. The molecule has 34 heavy (non-hydrogen) atoms. The van der Waals surface area contributed by atoms with Gasteiger partial charge in [-0.25, -0.2) is 0 Å². The first-order valence-electron chi connectivity index (χ1n) is 12.8. The first-order chi connectivity index (χ1) is 16.4. The first-order valence-corrected chi connectivity index (χ1v) is 14.2. The zero-order valence-electron chi connectivity index (χ0n) is 20.2. The van der Waals surface area contributed by atoms with E-state index >= 15 is 0 Å². The summed E-state index contributed by atoms with van der Waals surface area (Å²) in [5, 5.41) is 2.98. The minimum Gasteiger partial charge on any atom is -0.336 e. The quantitative estimate of drug-likeness (QED) is 0.661. The van der Waals surface area contributed by atoms with Gasteiger partial charge in [-0.1, -0.05) is 44.6 Å². The summed E-state index contributed by atoms with van der Waals surface area (Å²) in [6.45, 7) is 1.30. The summed E-state index contributed by atoms with van der Waals surface area (Å²) >= 11 is 0.